The van der Waals surface area contributed by atoms with Crippen LogP contribution in [0.1, 0.15) is 21.7 Å². The van der Waals surface area contributed by atoms with Gasteiger partial charge in [-0.25, -0.2) is 13.9 Å². The highest BCUT2D eigenvalue weighted by molar-refractivity contribution is 7.13. The van der Waals surface area contributed by atoms with Gasteiger partial charge in [0.25, 0.3) is 5.91 Å². The molecule has 0 fully saturated rings. The van der Waals surface area contributed by atoms with Crippen LogP contribution < -0.4 is 5.32 Å². The molecule has 0 radical (unpaired) electrons. The Hall–Kier alpha value is -3.27. The molecule has 0 atom stereocenters. The van der Waals surface area contributed by atoms with E-state index in [4.69, 9.17) is 0 Å². The molecular formula is C19H12F4N4OS. The first-order chi connectivity index (χ1) is 13.7. The van der Waals surface area contributed by atoms with Crippen LogP contribution in [0.3, 0.4) is 0 Å². The minimum Gasteiger partial charge on any atom is -0.318 e. The van der Waals surface area contributed by atoms with Crippen molar-refractivity contribution in [2.24, 2.45) is 0 Å². The first-order valence-electron chi connectivity index (χ1n) is 8.32. The maximum absolute atomic E-state index is 13.9. The number of fused-ring (bicyclic) bond motifs is 1. The molecule has 4 rings (SSSR count). The number of alkyl halides is 3. The smallest absolute Gasteiger partial charge is 0.318 e. The van der Waals surface area contributed by atoms with Gasteiger partial charge in [-0.1, -0.05) is 12.1 Å². The average molecular weight is 420 g/mol. The van der Waals surface area contributed by atoms with Crippen LogP contribution in [-0.2, 0) is 6.18 Å². The van der Waals surface area contributed by atoms with Gasteiger partial charge >= 0.3 is 6.18 Å². The van der Waals surface area contributed by atoms with E-state index in [2.05, 4.69) is 15.4 Å². The minimum absolute atomic E-state index is 0.0877. The number of amides is 1. The fourth-order valence-electron chi connectivity index (χ4n) is 2.76. The van der Waals surface area contributed by atoms with Crippen LogP contribution in [0, 0.1) is 12.7 Å². The van der Waals surface area contributed by atoms with E-state index in [0.717, 1.165) is 12.1 Å². The first-order valence-corrected chi connectivity index (χ1v) is 9.20. The number of aryl methyl sites for hydroxylation is 1. The van der Waals surface area contributed by atoms with Gasteiger partial charge in [0, 0.05) is 6.07 Å². The second-order valence-corrected chi connectivity index (χ2v) is 7.19. The predicted molar refractivity (Wildman–Crippen MR) is 100 cm³/mol. The molecule has 29 heavy (non-hydrogen) atoms. The van der Waals surface area contributed by atoms with Crippen LogP contribution in [0.5, 0.6) is 0 Å². The number of carbonyl (C=O) groups excluding carboxylic acids is 1. The van der Waals surface area contributed by atoms with E-state index in [1.54, 1.807) is 24.4 Å². The summed E-state index contributed by atoms with van der Waals surface area (Å²) in [5.41, 5.74) is -0.776. The molecule has 0 saturated carbocycles. The Bertz CT molecular complexity index is 1220. The number of rotatable bonds is 3. The van der Waals surface area contributed by atoms with Crippen LogP contribution in [-0.4, -0.2) is 20.5 Å². The summed E-state index contributed by atoms with van der Waals surface area (Å²) in [5.74, 6) is -1.51. The lowest BCUT2D eigenvalue weighted by atomic mass is 10.2. The summed E-state index contributed by atoms with van der Waals surface area (Å²) in [6, 6.07) is 9.49. The lowest BCUT2D eigenvalue weighted by Gasteiger charge is -2.10. The van der Waals surface area contributed by atoms with Crippen molar-refractivity contribution in [2.75, 3.05) is 5.32 Å². The Balaban J connectivity index is 1.78. The van der Waals surface area contributed by atoms with Gasteiger partial charge in [-0.05, 0) is 42.1 Å². The van der Waals surface area contributed by atoms with E-state index < -0.39 is 23.6 Å². The number of hydrogen-bond donors (Lipinski definition) is 1. The van der Waals surface area contributed by atoms with Gasteiger partial charge in [0.1, 0.15) is 5.82 Å². The van der Waals surface area contributed by atoms with Crippen molar-refractivity contribution >= 4 is 28.6 Å². The number of benzene rings is 1. The molecular weight excluding hydrogens is 408 g/mol. The van der Waals surface area contributed by atoms with Crippen LogP contribution in [0.4, 0.5) is 23.2 Å². The largest absolute Gasteiger partial charge is 0.433 e. The van der Waals surface area contributed by atoms with E-state index in [9.17, 15) is 22.4 Å². The molecule has 3 heterocycles. The number of anilines is 1. The van der Waals surface area contributed by atoms with E-state index in [0.29, 0.717) is 15.0 Å². The lowest BCUT2D eigenvalue weighted by molar-refractivity contribution is -0.142. The summed E-state index contributed by atoms with van der Waals surface area (Å²) in [6.45, 7) is 1.71. The number of aromatic nitrogens is 3. The Morgan fingerprint density at radius 1 is 1.17 bits per heavy atom. The molecule has 0 unspecified atom stereocenters. The Kier molecular flexibility index (Phi) is 4.58. The van der Waals surface area contributed by atoms with Crippen LogP contribution in [0.25, 0.3) is 16.2 Å². The average Bonchev–Trinajstić information content (AvgIpc) is 3.32. The number of nitrogens with zero attached hydrogens (tertiary/aromatic N) is 3. The second kappa shape index (κ2) is 6.96. The van der Waals surface area contributed by atoms with Crippen molar-refractivity contribution in [3.63, 3.8) is 0 Å². The van der Waals surface area contributed by atoms with E-state index in [1.807, 2.05) is 0 Å². The molecule has 10 heteroatoms. The Morgan fingerprint density at radius 2 is 1.97 bits per heavy atom. The zero-order valence-electron chi connectivity index (χ0n) is 14.8. The summed E-state index contributed by atoms with van der Waals surface area (Å²) in [7, 11) is 0. The molecule has 0 bridgehead atoms. The van der Waals surface area contributed by atoms with Gasteiger partial charge in [-0.2, -0.15) is 18.3 Å². The SMILES string of the molecule is Cc1ccc(F)c(NC(=O)c2cc3nc(-c4cccs4)cc(C(F)(F)F)n3n2)c1. The number of nitrogens with one attached hydrogen (secondary N) is 1. The molecule has 4 aromatic rings. The fourth-order valence-corrected chi connectivity index (χ4v) is 3.45. The Labute approximate surface area is 165 Å². The molecule has 1 N–H and O–H groups in total. The standard InChI is InChI=1S/C19H12F4N4OS/c1-10-4-5-11(20)12(7-10)25-18(28)14-9-17-24-13(15-3-2-6-29-15)8-16(19(21,22)23)27(17)26-14/h2-9H,1H3,(H,25,28). The molecule has 0 spiro atoms. The maximum atomic E-state index is 13.9. The fraction of sp³-hybridized carbons (Fsp3) is 0.105. The molecule has 0 aliphatic rings. The van der Waals surface area contributed by atoms with Crippen molar-refractivity contribution in [2.45, 2.75) is 13.1 Å². The van der Waals surface area contributed by atoms with Crippen molar-refractivity contribution < 1.29 is 22.4 Å². The monoisotopic (exact) mass is 420 g/mol. The number of thiophene rings is 1. The normalized spacial score (nSPS) is 11.8. The van der Waals surface area contributed by atoms with Gasteiger partial charge < -0.3 is 5.32 Å². The minimum atomic E-state index is -4.71. The molecule has 5 nitrogen and oxygen atoms in total. The van der Waals surface area contributed by atoms with Gasteiger partial charge in [0.2, 0.25) is 0 Å². The molecule has 1 amide bonds. The van der Waals surface area contributed by atoms with Gasteiger partial charge in [-0.3, -0.25) is 4.79 Å². The highest BCUT2D eigenvalue weighted by atomic mass is 32.1. The zero-order valence-corrected chi connectivity index (χ0v) is 15.6. The van der Waals surface area contributed by atoms with Crippen molar-refractivity contribution in [3.05, 3.63) is 70.6 Å². The van der Waals surface area contributed by atoms with Crippen LogP contribution in [0.15, 0.2) is 47.8 Å². The number of carbonyl (C=O) groups is 1. The highest BCUT2D eigenvalue weighted by Gasteiger charge is 2.35. The van der Waals surface area contributed by atoms with E-state index in [1.165, 1.54) is 29.5 Å². The third-order valence-corrected chi connectivity index (χ3v) is 4.99. The summed E-state index contributed by atoms with van der Waals surface area (Å²) in [5, 5.41) is 7.81. The summed E-state index contributed by atoms with van der Waals surface area (Å²) < 4.78 is 55.1. The third kappa shape index (κ3) is 3.70. The van der Waals surface area contributed by atoms with Crippen molar-refractivity contribution in [1.29, 1.82) is 0 Å². The maximum Gasteiger partial charge on any atom is 0.433 e. The van der Waals surface area contributed by atoms with E-state index >= 15 is 0 Å². The lowest BCUT2D eigenvalue weighted by Crippen LogP contribution is -2.16. The molecule has 148 valence electrons. The zero-order chi connectivity index (χ0) is 20.8. The second-order valence-electron chi connectivity index (χ2n) is 6.24. The van der Waals surface area contributed by atoms with Crippen molar-refractivity contribution in [1.82, 2.24) is 14.6 Å². The predicted octanol–water partition coefficient (Wildman–Crippen LogP) is 5.18. The summed E-state index contributed by atoms with van der Waals surface area (Å²) in [4.78, 5) is 17.2. The van der Waals surface area contributed by atoms with Crippen molar-refractivity contribution in [3.8, 4) is 10.6 Å². The quantitative estimate of drug-likeness (QED) is 0.465. The highest BCUT2D eigenvalue weighted by Crippen LogP contribution is 2.33. The molecule has 0 saturated heterocycles. The van der Waals surface area contributed by atoms with Crippen LogP contribution >= 0.6 is 11.3 Å². The summed E-state index contributed by atoms with van der Waals surface area (Å²) >= 11 is 1.24. The van der Waals surface area contributed by atoms with Crippen LogP contribution in [0.2, 0.25) is 0 Å². The Morgan fingerprint density at radius 3 is 2.66 bits per heavy atom. The molecule has 0 aliphatic heterocycles. The third-order valence-electron chi connectivity index (χ3n) is 4.09. The number of hydrogen-bond acceptors (Lipinski definition) is 4. The molecule has 0 aliphatic carbocycles. The summed E-state index contributed by atoms with van der Waals surface area (Å²) in [6.07, 6.45) is -4.71. The molecule has 1 aromatic carbocycles. The topological polar surface area (TPSA) is 59.3 Å². The first kappa shape index (κ1) is 19.1. The number of halogens is 4. The van der Waals surface area contributed by atoms with Gasteiger partial charge in [-0.15, -0.1) is 11.3 Å². The van der Waals surface area contributed by atoms with Gasteiger partial charge in [0.05, 0.1) is 16.3 Å². The van der Waals surface area contributed by atoms with E-state index in [-0.39, 0.29) is 22.7 Å². The van der Waals surface area contributed by atoms with Gasteiger partial charge in [0.15, 0.2) is 17.0 Å². The molecule has 3 aromatic heterocycles.